The average molecular weight is 374 g/mol. The summed E-state index contributed by atoms with van der Waals surface area (Å²) in [5.41, 5.74) is 5.73. The monoisotopic (exact) mass is 374 g/mol. The highest BCUT2D eigenvalue weighted by Gasteiger charge is 2.16. The molecular formula is C21H22N6O. The van der Waals surface area contributed by atoms with Crippen molar-refractivity contribution in [2.75, 3.05) is 0 Å². The first-order valence-corrected chi connectivity index (χ1v) is 9.15. The zero-order chi connectivity index (χ0) is 19.8. The van der Waals surface area contributed by atoms with Gasteiger partial charge in [0, 0.05) is 29.4 Å². The molecule has 0 aliphatic rings. The fourth-order valence-electron chi connectivity index (χ4n) is 3.24. The molecule has 0 radical (unpaired) electrons. The number of aliphatic imine (C=N–C) groups is 1. The lowest BCUT2D eigenvalue weighted by atomic mass is 10.0. The number of rotatable bonds is 4. The summed E-state index contributed by atoms with van der Waals surface area (Å²) >= 11 is 0. The predicted molar refractivity (Wildman–Crippen MR) is 110 cm³/mol. The van der Waals surface area contributed by atoms with Crippen LogP contribution in [-0.2, 0) is 0 Å². The minimum atomic E-state index is 0.0781. The number of H-pyrrole nitrogens is 1. The molecule has 0 spiro atoms. The normalized spacial score (nSPS) is 12.2. The van der Waals surface area contributed by atoms with Crippen LogP contribution in [0, 0.1) is 6.92 Å². The van der Waals surface area contributed by atoms with Gasteiger partial charge in [-0.2, -0.15) is 5.10 Å². The highest BCUT2D eigenvalue weighted by molar-refractivity contribution is 6.13. The molecule has 28 heavy (non-hydrogen) atoms. The van der Waals surface area contributed by atoms with Gasteiger partial charge >= 0.3 is 0 Å². The number of aromatic hydroxyl groups is 1. The third-order valence-corrected chi connectivity index (χ3v) is 4.75. The van der Waals surface area contributed by atoms with Gasteiger partial charge in [0.1, 0.15) is 5.69 Å². The van der Waals surface area contributed by atoms with Gasteiger partial charge in [0.2, 0.25) is 0 Å². The first-order valence-electron chi connectivity index (χ1n) is 9.15. The van der Waals surface area contributed by atoms with Crippen LogP contribution in [0.5, 0.6) is 5.88 Å². The molecule has 0 aliphatic carbocycles. The first kappa shape index (κ1) is 17.9. The fraction of sp³-hybridized carbons (Fsp3) is 0.238. The van der Waals surface area contributed by atoms with Crippen molar-refractivity contribution >= 4 is 22.3 Å². The number of nitrogens with zero attached hydrogens (tertiary/aromatic N) is 5. The van der Waals surface area contributed by atoms with Gasteiger partial charge in [0.15, 0.2) is 5.88 Å². The molecule has 2 N–H and O–H groups in total. The van der Waals surface area contributed by atoms with Gasteiger partial charge in [0.25, 0.3) is 0 Å². The van der Waals surface area contributed by atoms with E-state index in [1.165, 1.54) is 0 Å². The van der Waals surface area contributed by atoms with Crippen LogP contribution in [0.1, 0.15) is 37.9 Å². The molecule has 0 atom stereocenters. The number of hydrogen-bond acceptors (Lipinski definition) is 5. The van der Waals surface area contributed by atoms with E-state index >= 15 is 0 Å². The number of hydrogen-bond donors (Lipinski definition) is 2. The van der Waals surface area contributed by atoms with E-state index in [0.29, 0.717) is 11.3 Å². The maximum atomic E-state index is 10.5. The third-order valence-electron chi connectivity index (χ3n) is 4.75. The molecule has 142 valence electrons. The second-order valence-corrected chi connectivity index (χ2v) is 7.12. The van der Waals surface area contributed by atoms with Crippen LogP contribution in [0.4, 0.5) is 5.69 Å². The lowest BCUT2D eigenvalue weighted by molar-refractivity contribution is 0.457. The Morgan fingerprint density at radius 2 is 2.07 bits per heavy atom. The lowest BCUT2D eigenvalue weighted by Crippen LogP contribution is -1.99. The highest BCUT2D eigenvalue weighted by Crippen LogP contribution is 2.32. The third kappa shape index (κ3) is 3.15. The molecule has 0 unspecified atom stereocenters. The number of aryl methyl sites for hydroxylation is 1. The molecule has 4 aromatic rings. The van der Waals surface area contributed by atoms with Crippen molar-refractivity contribution in [2.24, 2.45) is 4.99 Å². The lowest BCUT2D eigenvalue weighted by Gasteiger charge is -2.05. The summed E-state index contributed by atoms with van der Waals surface area (Å²) in [7, 11) is 0. The standard InChI is InChI=1S/C21H22N6O/c1-12(2)27-11-15(8-24-27)25-14(4)20-16-7-18(17-9-22-6-5-13(17)3)23-10-19(16)26-21(20)28/h5-12,26,28H,1-4H3. The van der Waals surface area contributed by atoms with E-state index in [0.717, 1.165) is 33.4 Å². The summed E-state index contributed by atoms with van der Waals surface area (Å²) in [5.74, 6) is 0.0781. The van der Waals surface area contributed by atoms with Crippen LogP contribution in [0.3, 0.4) is 0 Å². The molecule has 4 aromatic heterocycles. The highest BCUT2D eigenvalue weighted by atomic mass is 16.3. The Morgan fingerprint density at radius 3 is 2.79 bits per heavy atom. The molecule has 0 aliphatic heterocycles. The molecule has 0 amide bonds. The number of pyridine rings is 2. The molecule has 0 aromatic carbocycles. The summed E-state index contributed by atoms with van der Waals surface area (Å²) in [5, 5.41) is 15.7. The second kappa shape index (κ2) is 6.92. The van der Waals surface area contributed by atoms with Gasteiger partial charge in [-0.05, 0) is 45.4 Å². The van der Waals surface area contributed by atoms with Crippen LogP contribution in [0.15, 0.2) is 48.1 Å². The summed E-state index contributed by atoms with van der Waals surface area (Å²) in [6.07, 6.45) is 8.91. The number of aromatic nitrogens is 5. The van der Waals surface area contributed by atoms with Crippen LogP contribution in [0.2, 0.25) is 0 Å². The fourth-order valence-corrected chi connectivity index (χ4v) is 3.24. The van der Waals surface area contributed by atoms with E-state index in [1.54, 1.807) is 24.8 Å². The van der Waals surface area contributed by atoms with Crippen LogP contribution < -0.4 is 0 Å². The van der Waals surface area contributed by atoms with Crippen molar-refractivity contribution in [1.29, 1.82) is 0 Å². The molecule has 4 heterocycles. The SMILES string of the molecule is CC(=Nc1cnn(C(C)C)c1)c1c(O)[nH]c2cnc(-c3cnccc3C)cc12. The summed E-state index contributed by atoms with van der Waals surface area (Å²) in [6, 6.07) is 4.18. The maximum Gasteiger partial charge on any atom is 0.198 e. The van der Waals surface area contributed by atoms with Crippen LogP contribution in [0.25, 0.3) is 22.2 Å². The van der Waals surface area contributed by atoms with E-state index in [-0.39, 0.29) is 11.9 Å². The Morgan fingerprint density at radius 1 is 1.25 bits per heavy atom. The average Bonchev–Trinajstić information content (AvgIpc) is 3.25. The minimum absolute atomic E-state index is 0.0781. The molecular weight excluding hydrogens is 352 g/mol. The van der Waals surface area contributed by atoms with Crippen molar-refractivity contribution in [3.63, 3.8) is 0 Å². The van der Waals surface area contributed by atoms with Gasteiger partial charge in [-0.15, -0.1) is 0 Å². The maximum absolute atomic E-state index is 10.5. The second-order valence-electron chi connectivity index (χ2n) is 7.12. The van der Waals surface area contributed by atoms with E-state index in [9.17, 15) is 5.11 Å². The molecule has 4 rings (SSSR count). The van der Waals surface area contributed by atoms with Crippen molar-refractivity contribution in [1.82, 2.24) is 24.7 Å². The summed E-state index contributed by atoms with van der Waals surface area (Å²) in [6.45, 7) is 8.03. The number of nitrogens with one attached hydrogen (secondary N) is 1. The van der Waals surface area contributed by atoms with Gasteiger partial charge in [-0.1, -0.05) is 0 Å². The Kier molecular flexibility index (Phi) is 4.43. The quantitative estimate of drug-likeness (QED) is 0.512. The molecule has 7 heteroatoms. The molecule has 0 saturated carbocycles. The van der Waals surface area contributed by atoms with Crippen LogP contribution >= 0.6 is 0 Å². The zero-order valence-corrected chi connectivity index (χ0v) is 16.3. The van der Waals surface area contributed by atoms with Crippen molar-refractivity contribution < 1.29 is 5.11 Å². The van der Waals surface area contributed by atoms with Crippen molar-refractivity contribution in [2.45, 2.75) is 33.7 Å². The Labute approximate surface area is 162 Å². The Balaban J connectivity index is 1.81. The minimum Gasteiger partial charge on any atom is -0.494 e. The molecule has 0 saturated heterocycles. The summed E-state index contributed by atoms with van der Waals surface area (Å²) in [4.78, 5) is 16.4. The zero-order valence-electron chi connectivity index (χ0n) is 16.3. The smallest absolute Gasteiger partial charge is 0.198 e. The van der Waals surface area contributed by atoms with Crippen LogP contribution in [-0.4, -0.2) is 35.6 Å². The van der Waals surface area contributed by atoms with E-state index in [1.807, 2.05) is 36.9 Å². The molecule has 7 nitrogen and oxygen atoms in total. The van der Waals surface area contributed by atoms with Gasteiger partial charge < -0.3 is 10.1 Å². The van der Waals surface area contributed by atoms with Crippen molar-refractivity contribution in [3.8, 4) is 17.1 Å². The van der Waals surface area contributed by atoms with Gasteiger partial charge in [0.05, 0.1) is 41.1 Å². The van der Waals surface area contributed by atoms with E-state index in [2.05, 4.69) is 38.9 Å². The van der Waals surface area contributed by atoms with E-state index in [4.69, 9.17) is 0 Å². The Hall–Kier alpha value is -3.48. The largest absolute Gasteiger partial charge is 0.494 e. The molecule has 0 fully saturated rings. The summed E-state index contributed by atoms with van der Waals surface area (Å²) < 4.78 is 1.86. The number of aromatic amines is 1. The first-order chi connectivity index (χ1) is 13.4. The van der Waals surface area contributed by atoms with E-state index < -0.39 is 0 Å². The van der Waals surface area contributed by atoms with Gasteiger partial charge in [-0.25, -0.2) is 4.99 Å². The van der Waals surface area contributed by atoms with Gasteiger partial charge in [-0.3, -0.25) is 14.6 Å². The predicted octanol–water partition coefficient (Wildman–Crippen LogP) is 4.56. The van der Waals surface area contributed by atoms with Crippen molar-refractivity contribution in [3.05, 3.63) is 54.2 Å². The molecule has 0 bridgehead atoms. The Bertz CT molecular complexity index is 1180. The number of fused-ring (bicyclic) bond motifs is 1. The topological polar surface area (TPSA) is 92.0 Å².